The summed E-state index contributed by atoms with van der Waals surface area (Å²) >= 11 is 6.28. The topological polar surface area (TPSA) is 85.3 Å². The molecular formula is C26H32ClNO6. The molecule has 0 unspecified atom stereocenters. The number of aliphatic carboxylic acids is 1. The Balaban J connectivity index is 2.17. The van der Waals surface area contributed by atoms with Crippen molar-refractivity contribution < 1.29 is 28.9 Å². The molecule has 0 radical (unpaired) electrons. The fraction of sp³-hybridized carbons (Fsp3) is 0.462. The van der Waals surface area contributed by atoms with Crippen LogP contribution in [0, 0.1) is 0 Å². The van der Waals surface area contributed by atoms with E-state index in [9.17, 15) is 14.7 Å². The van der Waals surface area contributed by atoms with Crippen LogP contribution in [0.4, 0.5) is 0 Å². The number of para-hydroxylation sites is 1. The molecule has 0 saturated heterocycles. The molecule has 1 aliphatic rings. The Bertz CT molecular complexity index is 1010. The minimum absolute atomic E-state index is 0.373. The molecule has 1 heterocycles. The summed E-state index contributed by atoms with van der Waals surface area (Å²) in [5.74, 6) is -2.20. The molecule has 8 heteroatoms. The van der Waals surface area contributed by atoms with E-state index in [1.807, 2.05) is 36.4 Å². The van der Waals surface area contributed by atoms with Gasteiger partial charge in [-0.3, -0.25) is 0 Å². The molecule has 7 nitrogen and oxygen atoms in total. The van der Waals surface area contributed by atoms with Gasteiger partial charge in [-0.25, -0.2) is 9.59 Å². The van der Waals surface area contributed by atoms with Gasteiger partial charge in [0.1, 0.15) is 17.1 Å². The Hall–Kier alpha value is -2.77. The first kappa shape index (κ1) is 25.8. The maximum atomic E-state index is 12.6. The highest BCUT2D eigenvalue weighted by Gasteiger charge is 2.48. The third-order valence-corrected chi connectivity index (χ3v) is 6.83. The summed E-state index contributed by atoms with van der Waals surface area (Å²) in [5.41, 5.74) is 0.261. The van der Waals surface area contributed by atoms with Crippen LogP contribution in [0.25, 0.3) is 0 Å². The lowest BCUT2D eigenvalue weighted by Crippen LogP contribution is -2.41. The van der Waals surface area contributed by atoms with Gasteiger partial charge in [-0.05, 0) is 62.7 Å². The van der Waals surface area contributed by atoms with Crippen LogP contribution in [0.15, 0.2) is 42.5 Å². The molecule has 3 rings (SSSR count). The molecule has 0 bridgehead atoms. The zero-order valence-electron chi connectivity index (χ0n) is 19.9. The first-order valence-electron chi connectivity index (χ1n) is 11.6. The van der Waals surface area contributed by atoms with E-state index in [4.69, 9.17) is 25.8 Å². The van der Waals surface area contributed by atoms with E-state index in [0.29, 0.717) is 48.0 Å². The van der Waals surface area contributed by atoms with E-state index in [0.717, 1.165) is 25.2 Å². The highest BCUT2D eigenvalue weighted by atomic mass is 35.5. The summed E-state index contributed by atoms with van der Waals surface area (Å²) in [6.45, 7) is 7.17. The van der Waals surface area contributed by atoms with Crippen molar-refractivity contribution in [2.45, 2.75) is 44.6 Å². The standard InChI is InChI=1S/C26H32ClNO6/c1-4-28(5-2)15-8-14-26(34-25(31)24(29)30)19(18-11-12-21(27)23(17-18)32-3)13-16-33-22-10-7-6-9-20(22)26/h6-7,9-12,17,19H,4-5,8,13-16H2,1-3H3,(H,29,30)/t19-,26-/m0/s1. The zero-order valence-corrected chi connectivity index (χ0v) is 20.6. The highest BCUT2D eigenvalue weighted by Crippen LogP contribution is 2.51. The molecule has 184 valence electrons. The molecule has 2 atom stereocenters. The van der Waals surface area contributed by atoms with Crippen LogP contribution in [-0.2, 0) is 19.9 Å². The molecule has 1 N–H and O–H groups in total. The first-order valence-corrected chi connectivity index (χ1v) is 12.0. The minimum Gasteiger partial charge on any atom is -0.495 e. The number of benzene rings is 2. The average Bonchev–Trinajstić information content (AvgIpc) is 2.99. The van der Waals surface area contributed by atoms with Crippen LogP contribution in [0.2, 0.25) is 5.02 Å². The molecule has 2 aromatic rings. The predicted octanol–water partition coefficient (Wildman–Crippen LogP) is 4.86. The SMILES string of the molecule is CCN(CC)CCC[C@@]1(OC(=O)C(=O)O)c2ccccc2OCC[C@H]1c1ccc(Cl)c(OC)c1. The molecule has 0 aliphatic carbocycles. The van der Waals surface area contributed by atoms with Crippen LogP contribution >= 0.6 is 11.6 Å². The molecular weight excluding hydrogens is 458 g/mol. The molecule has 0 aromatic heterocycles. The number of hydrogen-bond acceptors (Lipinski definition) is 6. The van der Waals surface area contributed by atoms with Crippen molar-refractivity contribution in [3.63, 3.8) is 0 Å². The van der Waals surface area contributed by atoms with Crippen LogP contribution in [0.1, 0.15) is 50.2 Å². The van der Waals surface area contributed by atoms with Gasteiger partial charge in [0.25, 0.3) is 0 Å². The quantitative estimate of drug-likeness (QED) is 0.397. The van der Waals surface area contributed by atoms with E-state index in [1.54, 1.807) is 6.07 Å². The number of carbonyl (C=O) groups excluding carboxylic acids is 1. The second kappa shape index (κ2) is 11.6. The number of fused-ring (bicyclic) bond motifs is 1. The van der Waals surface area contributed by atoms with Gasteiger partial charge in [-0.15, -0.1) is 0 Å². The van der Waals surface area contributed by atoms with Gasteiger partial charge in [0.2, 0.25) is 0 Å². The van der Waals surface area contributed by atoms with Crippen LogP contribution in [0.5, 0.6) is 11.5 Å². The number of esters is 1. The van der Waals surface area contributed by atoms with E-state index in [1.165, 1.54) is 7.11 Å². The lowest BCUT2D eigenvalue weighted by atomic mass is 9.73. The van der Waals surface area contributed by atoms with Gasteiger partial charge in [0, 0.05) is 11.5 Å². The lowest BCUT2D eigenvalue weighted by molar-refractivity contribution is -0.179. The van der Waals surface area contributed by atoms with Crippen molar-refractivity contribution in [2.24, 2.45) is 0 Å². The number of methoxy groups -OCH3 is 1. The van der Waals surface area contributed by atoms with Crippen LogP contribution < -0.4 is 9.47 Å². The first-order chi connectivity index (χ1) is 16.4. The Labute approximate surface area is 205 Å². The van der Waals surface area contributed by atoms with Crippen molar-refractivity contribution in [1.82, 2.24) is 4.90 Å². The smallest absolute Gasteiger partial charge is 0.418 e. The number of halogens is 1. The summed E-state index contributed by atoms with van der Waals surface area (Å²) in [5, 5.41) is 9.92. The van der Waals surface area contributed by atoms with Crippen molar-refractivity contribution in [1.29, 1.82) is 0 Å². The summed E-state index contributed by atoms with van der Waals surface area (Å²) in [4.78, 5) is 26.5. The van der Waals surface area contributed by atoms with Crippen LogP contribution in [0.3, 0.4) is 0 Å². The van der Waals surface area contributed by atoms with Crippen LogP contribution in [-0.4, -0.2) is 55.3 Å². The fourth-order valence-electron chi connectivity index (χ4n) is 4.78. The second-order valence-electron chi connectivity index (χ2n) is 8.29. The molecule has 2 aromatic carbocycles. The third kappa shape index (κ3) is 5.47. The largest absolute Gasteiger partial charge is 0.495 e. The lowest BCUT2D eigenvalue weighted by Gasteiger charge is -2.40. The van der Waals surface area contributed by atoms with E-state index in [2.05, 4.69) is 18.7 Å². The van der Waals surface area contributed by atoms with Gasteiger partial charge in [0.05, 0.1) is 18.7 Å². The Morgan fingerprint density at radius 3 is 2.62 bits per heavy atom. The molecule has 0 saturated carbocycles. The Morgan fingerprint density at radius 1 is 1.21 bits per heavy atom. The molecule has 34 heavy (non-hydrogen) atoms. The van der Waals surface area contributed by atoms with Crippen molar-refractivity contribution in [3.8, 4) is 11.5 Å². The van der Waals surface area contributed by atoms with Gasteiger partial charge in [0.15, 0.2) is 0 Å². The fourth-order valence-corrected chi connectivity index (χ4v) is 4.97. The van der Waals surface area contributed by atoms with Crippen molar-refractivity contribution in [2.75, 3.05) is 33.4 Å². The summed E-state index contributed by atoms with van der Waals surface area (Å²) in [6, 6.07) is 12.8. The zero-order chi connectivity index (χ0) is 24.7. The van der Waals surface area contributed by atoms with E-state index < -0.39 is 17.5 Å². The number of carboxylic acids is 1. The van der Waals surface area contributed by atoms with Gasteiger partial charge >= 0.3 is 11.9 Å². The summed E-state index contributed by atoms with van der Waals surface area (Å²) in [7, 11) is 1.54. The van der Waals surface area contributed by atoms with Gasteiger partial charge in [-0.1, -0.05) is 49.7 Å². The van der Waals surface area contributed by atoms with Crippen molar-refractivity contribution >= 4 is 23.5 Å². The maximum absolute atomic E-state index is 12.6. The number of hydrogen-bond donors (Lipinski definition) is 1. The average molecular weight is 490 g/mol. The Morgan fingerprint density at radius 2 is 1.94 bits per heavy atom. The minimum atomic E-state index is -1.63. The number of nitrogens with zero attached hydrogens (tertiary/aromatic N) is 1. The molecule has 1 aliphatic heterocycles. The normalized spacial score (nSPS) is 19.6. The number of ether oxygens (including phenoxy) is 3. The number of rotatable bonds is 9. The summed E-state index contributed by atoms with van der Waals surface area (Å²) < 4.78 is 17.4. The monoisotopic (exact) mass is 489 g/mol. The molecule has 0 fully saturated rings. The predicted molar refractivity (Wildman–Crippen MR) is 130 cm³/mol. The van der Waals surface area contributed by atoms with Crippen molar-refractivity contribution in [3.05, 3.63) is 58.6 Å². The van der Waals surface area contributed by atoms with E-state index >= 15 is 0 Å². The number of carboxylic acid groups (broad SMARTS) is 1. The molecule has 0 spiro atoms. The Kier molecular flexibility index (Phi) is 8.80. The van der Waals surface area contributed by atoms with Gasteiger partial charge < -0.3 is 24.2 Å². The summed E-state index contributed by atoms with van der Waals surface area (Å²) in [6.07, 6.45) is 1.64. The maximum Gasteiger partial charge on any atom is 0.418 e. The highest BCUT2D eigenvalue weighted by molar-refractivity contribution is 6.32. The second-order valence-corrected chi connectivity index (χ2v) is 8.70. The van der Waals surface area contributed by atoms with E-state index in [-0.39, 0.29) is 5.92 Å². The molecule has 0 amide bonds. The third-order valence-electron chi connectivity index (χ3n) is 6.51. The number of carbonyl (C=O) groups is 2. The van der Waals surface area contributed by atoms with Gasteiger partial charge in [-0.2, -0.15) is 0 Å².